The maximum Gasteiger partial charge on any atom is 0.264 e. The van der Waals surface area contributed by atoms with Crippen molar-refractivity contribution in [2.75, 3.05) is 18.1 Å². The van der Waals surface area contributed by atoms with Crippen LogP contribution in [0.5, 0.6) is 5.75 Å². The number of benzene rings is 2. The van der Waals surface area contributed by atoms with Gasteiger partial charge in [0.15, 0.2) is 6.61 Å². The van der Waals surface area contributed by atoms with Gasteiger partial charge in [-0.2, -0.15) is 5.26 Å². The lowest BCUT2D eigenvalue weighted by Crippen LogP contribution is -2.35. The predicted octanol–water partition coefficient (Wildman–Crippen LogP) is 3.97. The van der Waals surface area contributed by atoms with Gasteiger partial charge in [0.25, 0.3) is 5.91 Å². The van der Waals surface area contributed by atoms with Gasteiger partial charge in [-0.05, 0) is 36.8 Å². The predicted molar refractivity (Wildman–Crippen MR) is 90.7 cm³/mol. The van der Waals surface area contributed by atoms with Crippen molar-refractivity contribution >= 4 is 23.2 Å². The van der Waals surface area contributed by atoms with Gasteiger partial charge in [-0.25, -0.2) is 0 Å². The lowest BCUT2D eigenvalue weighted by Gasteiger charge is -2.22. The number of ether oxygens (including phenoxy) is 1. The van der Waals surface area contributed by atoms with Crippen molar-refractivity contribution in [3.63, 3.8) is 0 Å². The van der Waals surface area contributed by atoms with Crippen molar-refractivity contribution in [2.45, 2.75) is 13.3 Å². The Bertz CT molecular complexity index is 711. The quantitative estimate of drug-likeness (QED) is 0.806. The zero-order valence-corrected chi connectivity index (χ0v) is 13.6. The zero-order chi connectivity index (χ0) is 16.7. The van der Waals surface area contributed by atoms with E-state index in [9.17, 15) is 4.79 Å². The highest BCUT2D eigenvalue weighted by Crippen LogP contribution is 2.25. The highest BCUT2D eigenvalue weighted by Gasteiger charge is 2.16. The monoisotopic (exact) mass is 328 g/mol. The molecule has 4 nitrogen and oxygen atoms in total. The second-order valence-electron chi connectivity index (χ2n) is 5.01. The Labute approximate surface area is 140 Å². The van der Waals surface area contributed by atoms with E-state index >= 15 is 0 Å². The van der Waals surface area contributed by atoms with Crippen LogP contribution in [0, 0.1) is 18.3 Å². The molecule has 0 bridgehead atoms. The van der Waals surface area contributed by atoms with E-state index in [0.29, 0.717) is 17.3 Å². The molecule has 0 aromatic heterocycles. The number of aryl methyl sites for hydroxylation is 1. The van der Waals surface area contributed by atoms with Crippen molar-refractivity contribution in [1.82, 2.24) is 0 Å². The average molecular weight is 329 g/mol. The Morgan fingerprint density at radius 3 is 2.70 bits per heavy atom. The van der Waals surface area contributed by atoms with Gasteiger partial charge in [-0.15, -0.1) is 0 Å². The van der Waals surface area contributed by atoms with E-state index in [1.807, 2.05) is 43.3 Å². The molecule has 5 heteroatoms. The van der Waals surface area contributed by atoms with Crippen LogP contribution in [-0.2, 0) is 4.79 Å². The molecule has 0 heterocycles. The van der Waals surface area contributed by atoms with E-state index in [1.165, 1.54) is 0 Å². The van der Waals surface area contributed by atoms with Crippen molar-refractivity contribution in [3.05, 3.63) is 59.1 Å². The van der Waals surface area contributed by atoms with E-state index in [1.54, 1.807) is 17.0 Å². The van der Waals surface area contributed by atoms with Crippen LogP contribution in [0.1, 0.15) is 12.0 Å². The van der Waals surface area contributed by atoms with Crippen LogP contribution >= 0.6 is 11.6 Å². The van der Waals surface area contributed by atoms with E-state index < -0.39 is 0 Å². The maximum atomic E-state index is 12.5. The van der Waals surface area contributed by atoms with Gasteiger partial charge >= 0.3 is 0 Å². The Kier molecular flexibility index (Phi) is 6.02. The summed E-state index contributed by atoms with van der Waals surface area (Å²) in [6, 6.07) is 16.7. The number of carbonyl (C=O) groups excluding carboxylic acids is 1. The summed E-state index contributed by atoms with van der Waals surface area (Å²) in [7, 11) is 0. The van der Waals surface area contributed by atoms with Crippen LogP contribution in [0.25, 0.3) is 0 Å². The third-order valence-electron chi connectivity index (χ3n) is 3.25. The van der Waals surface area contributed by atoms with Gasteiger partial charge in [0.1, 0.15) is 5.75 Å². The van der Waals surface area contributed by atoms with Crippen molar-refractivity contribution < 1.29 is 9.53 Å². The first-order valence-corrected chi connectivity index (χ1v) is 7.61. The van der Waals surface area contributed by atoms with Gasteiger partial charge < -0.3 is 9.64 Å². The molecule has 0 atom stereocenters. The van der Waals surface area contributed by atoms with Gasteiger partial charge in [-0.1, -0.05) is 35.9 Å². The smallest absolute Gasteiger partial charge is 0.264 e. The minimum Gasteiger partial charge on any atom is -0.482 e. The fraction of sp³-hybridized carbons (Fsp3) is 0.222. The number of rotatable bonds is 6. The molecule has 0 spiro atoms. The Balaban J connectivity index is 2.09. The molecule has 0 aliphatic carbocycles. The third kappa shape index (κ3) is 4.73. The molecule has 2 rings (SSSR count). The summed E-state index contributed by atoms with van der Waals surface area (Å²) in [4.78, 5) is 14.0. The number of nitriles is 1. The maximum absolute atomic E-state index is 12.5. The van der Waals surface area contributed by atoms with Gasteiger partial charge in [0.2, 0.25) is 0 Å². The van der Waals surface area contributed by atoms with E-state index in [4.69, 9.17) is 21.6 Å². The second kappa shape index (κ2) is 8.21. The van der Waals surface area contributed by atoms with Crippen LogP contribution in [0.2, 0.25) is 5.02 Å². The van der Waals surface area contributed by atoms with Crippen LogP contribution in [-0.4, -0.2) is 19.1 Å². The molecular weight excluding hydrogens is 312 g/mol. The largest absolute Gasteiger partial charge is 0.482 e. The van der Waals surface area contributed by atoms with E-state index in [2.05, 4.69) is 6.07 Å². The number of carbonyl (C=O) groups is 1. The van der Waals surface area contributed by atoms with Crippen LogP contribution in [0.15, 0.2) is 48.5 Å². The molecular formula is C18H17ClN2O2. The second-order valence-corrected chi connectivity index (χ2v) is 5.42. The number of nitrogens with zero attached hydrogens (tertiary/aromatic N) is 2. The minimum atomic E-state index is -0.218. The summed E-state index contributed by atoms with van der Waals surface area (Å²) in [5.74, 6) is 0.261. The summed E-state index contributed by atoms with van der Waals surface area (Å²) in [5.41, 5.74) is 1.74. The van der Waals surface area contributed by atoms with Crippen molar-refractivity contribution in [2.24, 2.45) is 0 Å². The van der Waals surface area contributed by atoms with Crippen LogP contribution < -0.4 is 9.64 Å². The molecule has 2 aromatic carbocycles. The highest BCUT2D eigenvalue weighted by molar-refractivity contribution is 6.32. The van der Waals surface area contributed by atoms with E-state index in [-0.39, 0.29) is 18.9 Å². The third-order valence-corrected chi connectivity index (χ3v) is 3.57. The Morgan fingerprint density at radius 1 is 1.26 bits per heavy atom. The molecule has 0 radical (unpaired) electrons. The first kappa shape index (κ1) is 16.9. The summed E-state index contributed by atoms with van der Waals surface area (Å²) in [6.45, 7) is 2.11. The van der Waals surface area contributed by atoms with Crippen LogP contribution in [0.3, 0.4) is 0 Å². The number of anilines is 1. The zero-order valence-electron chi connectivity index (χ0n) is 12.8. The van der Waals surface area contributed by atoms with E-state index in [0.717, 1.165) is 11.3 Å². The summed E-state index contributed by atoms with van der Waals surface area (Å²) in [5, 5.41) is 9.25. The van der Waals surface area contributed by atoms with Crippen molar-refractivity contribution in [1.29, 1.82) is 5.26 Å². The number of hydrogen-bond acceptors (Lipinski definition) is 3. The number of hydrogen-bond donors (Lipinski definition) is 0. The molecule has 0 aliphatic heterocycles. The molecule has 0 N–H and O–H groups in total. The SMILES string of the molecule is Cc1ccc(Cl)c(OCC(=O)N(CCC#N)c2ccccc2)c1. The van der Waals surface area contributed by atoms with Crippen LogP contribution in [0.4, 0.5) is 5.69 Å². The lowest BCUT2D eigenvalue weighted by molar-refractivity contribution is -0.120. The number of amides is 1. The molecule has 0 unspecified atom stereocenters. The van der Waals surface area contributed by atoms with Gasteiger partial charge in [0, 0.05) is 12.2 Å². The topological polar surface area (TPSA) is 53.3 Å². The standard InChI is InChI=1S/C18H17ClN2O2/c1-14-8-9-16(19)17(12-14)23-13-18(22)21(11-5-10-20)15-6-3-2-4-7-15/h2-4,6-9,12H,5,11,13H2,1H3. The van der Waals surface area contributed by atoms with Gasteiger partial charge in [0.05, 0.1) is 17.5 Å². The van der Waals surface area contributed by atoms with Gasteiger partial charge in [-0.3, -0.25) is 4.79 Å². The molecule has 0 fully saturated rings. The highest BCUT2D eigenvalue weighted by atomic mass is 35.5. The normalized spacial score (nSPS) is 9.96. The molecule has 118 valence electrons. The number of para-hydroxylation sites is 1. The number of halogens is 1. The first-order valence-electron chi connectivity index (χ1n) is 7.23. The Hall–Kier alpha value is -2.51. The lowest BCUT2D eigenvalue weighted by atomic mass is 10.2. The first-order chi connectivity index (χ1) is 11.1. The average Bonchev–Trinajstić information content (AvgIpc) is 2.57. The fourth-order valence-corrected chi connectivity index (χ4v) is 2.28. The molecule has 0 saturated carbocycles. The van der Waals surface area contributed by atoms with Crippen molar-refractivity contribution in [3.8, 4) is 11.8 Å². The molecule has 1 amide bonds. The molecule has 2 aromatic rings. The summed E-state index contributed by atoms with van der Waals surface area (Å²) in [6.07, 6.45) is 0.256. The Morgan fingerprint density at radius 2 is 2.00 bits per heavy atom. The molecule has 0 saturated heterocycles. The fourth-order valence-electron chi connectivity index (χ4n) is 2.11. The molecule has 23 heavy (non-hydrogen) atoms. The molecule has 0 aliphatic rings. The minimum absolute atomic E-state index is 0.135. The summed E-state index contributed by atoms with van der Waals surface area (Å²) < 4.78 is 5.56. The summed E-state index contributed by atoms with van der Waals surface area (Å²) >= 11 is 6.07.